The highest BCUT2D eigenvalue weighted by Crippen LogP contribution is 2.39. The summed E-state index contributed by atoms with van der Waals surface area (Å²) in [6.45, 7) is 7.90. The van der Waals surface area contributed by atoms with Crippen molar-refractivity contribution in [3.05, 3.63) is 60.7 Å². The predicted molar refractivity (Wildman–Crippen MR) is 96.2 cm³/mol. The first kappa shape index (κ1) is 15.6. The molecule has 0 heteroatoms. The van der Waals surface area contributed by atoms with Crippen LogP contribution in [0.3, 0.4) is 0 Å². The van der Waals surface area contributed by atoms with Gasteiger partial charge >= 0.3 is 0 Å². The zero-order valence-electron chi connectivity index (χ0n) is 13.8. The number of rotatable bonds is 4. The van der Waals surface area contributed by atoms with Crippen LogP contribution in [0.5, 0.6) is 0 Å². The third-order valence-electron chi connectivity index (χ3n) is 6.09. The lowest BCUT2D eigenvalue weighted by atomic mass is 9.76. The molecule has 0 N–H and O–H groups in total. The van der Waals surface area contributed by atoms with Gasteiger partial charge in [0.25, 0.3) is 0 Å². The molecule has 0 bridgehead atoms. The quantitative estimate of drug-likeness (QED) is 0.548. The summed E-state index contributed by atoms with van der Waals surface area (Å²) in [7, 11) is 0. The summed E-state index contributed by atoms with van der Waals surface area (Å²) < 4.78 is 0. The van der Waals surface area contributed by atoms with Crippen molar-refractivity contribution in [3.63, 3.8) is 0 Å². The van der Waals surface area contributed by atoms with Crippen LogP contribution >= 0.6 is 0 Å². The zero-order valence-corrected chi connectivity index (χ0v) is 13.8. The molecule has 0 saturated heterocycles. The normalized spacial score (nSPS) is 32.4. The van der Waals surface area contributed by atoms with Crippen LogP contribution in [0, 0.1) is 11.8 Å². The average Bonchev–Trinajstić information content (AvgIpc) is 2.62. The van der Waals surface area contributed by atoms with E-state index in [1.54, 1.807) is 11.1 Å². The van der Waals surface area contributed by atoms with Gasteiger partial charge in [0.1, 0.15) is 0 Å². The highest BCUT2D eigenvalue weighted by molar-refractivity contribution is 5.28. The fourth-order valence-corrected chi connectivity index (χ4v) is 4.42. The van der Waals surface area contributed by atoms with E-state index >= 15 is 0 Å². The number of hydrogen-bond acceptors (Lipinski definition) is 0. The molecule has 0 nitrogen and oxygen atoms in total. The summed E-state index contributed by atoms with van der Waals surface area (Å²) in [4.78, 5) is 0. The van der Waals surface area contributed by atoms with E-state index < -0.39 is 0 Å². The molecule has 22 heavy (non-hydrogen) atoms. The molecule has 0 spiro atoms. The van der Waals surface area contributed by atoms with E-state index in [4.69, 9.17) is 0 Å². The van der Waals surface area contributed by atoms with Gasteiger partial charge in [-0.15, -0.1) is 13.2 Å². The molecule has 0 heterocycles. The first-order chi connectivity index (χ1) is 10.8. The maximum atomic E-state index is 3.95. The van der Waals surface area contributed by atoms with E-state index in [2.05, 4.69) is 49.6 Å². The minimum atomic E-state index is 0.760. The van der Waals surface area contributed by atoms with Crippen molar-refractivity contribution in [2.24, 2.45) is 11.8 Å². The average molecular weight is 294 g/mol. The molecule has 1 aromatic carbocycles. The molecular weight excluding hydrogens is 264 g/mol. The number of benzene rings is 1. The van der Waals surface area contributed by atoms with Gasteiger partial charge in [-0.3, -0.25) is 0 Å². The van der Waals surface area contributed by atoms with Crippen LogP contribution in [0.2, 0.25) is 0 Å². The van der Waals surface area contributed by atoms with Crippen molar-refractivity contribution in [2.45, 2.75) is 63.2 Å². The van der Waals surface area contributed by atoms with E-state index in [0.717, 1.165) is 23.7 Å². The molecule has 0 amide bonds. The van der Waals surface area contributed by atoms with Gasteiger partial charge < -0.3 is 0 Å². The fraction of sp³-hybridized carbons (Fsp3) is 0.545. The molecule has 2 fully saturated rings. The lowest BCUT2D eigenvalue weighted by Gasteiger charge is -2.29. The Bertz CT molecular complexity index is 432. The lowest BCUT2D eigenvalue weighted by molar-refractivity contribution is 0.373. The monoisotopic (exact) mass is 294 g/mol. The first-order valence-corrected chi connectivity index (χ1v) is 9.15. The Morgan fingerprint density at radius 2 is 0.909 bits per heavy atom. The van der Waals surface area contributed by atoms with Gasteiger partial charge in [-0.05, 0) is 86.2 Å². The molecule has 3 rings (SSSR count). The van der Waals surface area contributed by atoms with E-state index in [9.17, 15) is 0 Å². The summed E-state index contributed by atoms with van der Waals surface area (Å²) >= 11 is 0. The Hall–Kier alpha value is -1.30. The van der Waals surface area contributed by atoms with Gasteiger partial charge in [-0.25, -0.2) is 0 Å². The van der Waals surface area contributed by atoms with Crippen molar-refractivity contribution >= 4 is 0 Å². The van der Waals surface area contributed by atoms with E-state index in [-0.39, 0.29) is 0 Å². The maximum absolute atomic E-state index is 3.95. The van der Waals surface area contributed by atoms with E-state index in [0.29, 0.717) is 0 Å². The Labute approximate surface area is 136 Å². The molecule has 1 aromatic rings. The zero-order chi connectivity index (χ0) is 15.4. The Morgan fingerprint density at radius 3 is 1.18 bits per heavy atom. The van der Waals surface area contributed by atoms with Gasteiger partial charge in [0, 0.05) is 0 Å². The molecule has 2 aliphatic carbocycles. The molecule has 2 saturated carbocycles. The predicted octanol–water partition coefficient (Wildman–Crippen LogP) is 6.61. The van der Waals surface area contributed by atoms with Gasteiger partial charge in [0.05, 0.1) is 0 Å². The van der Waals surface area contributed by atoms with Crippen molar-refractivity contribution in [2.75, 3.05) is 0 Å². The second-order valence-electron chi connectivity index (χ2n) is 7.36. The largest absolute Gasteiger partial charge is 0.103 e. The van der Waals surface area contributed by atoms with Crippen molar-refractivity contribution in [1.82, 2.24) is 0 Å². The summed E-state index contributed by atoms with van der Waals surface area (Å²) in [6, 6.07) is 9.64. The Balaban J connectivity index is 1.59. The summed E-state index contributed by atoms with van der Waals surface area (Å²) in [6.07, 6.45) is 14.9. The molecule has 2 aliphatic rings. The van der Waals surface area contributed by atoms with E-state index in [1.165, 1.54) is 51.4 Å². The van der Waals surface area contributed by atoms with Crippen LogP contribution in [0.15, 0.2) is 49.6 Å². The maximum Gasteiger partial charge on any atom is -0.0162 e. The highest BCUT2D eigenvalue weighted by Gasteiger charge is 2.22. The summed E-state index contributed by atoms with van der Waals surface area (Å²) in [5, 5.41) is 0. The molecule has 118 valence electrons. The topological polar surface area (TPSA) is 0 Å². The van der Waals surface area contributed by atoms with Gasteiger partial charge in [-0.2, -0.15) is 0 Å². The minimum Gasteiger partial charge on any atom is -0.103 e. The fourth-order valence-electron chi connectivity index (χ4n) is 4.42. The Kier molecular flexibility index (Phi) is 5.18. The molecule has 0 radical (unpaired) electrons. The van der Waals surface area contributed by atoms with Crippen LogP contribution in [0.25, 0.3) is 0 Å². The standard InChI is InChI=1S/C22H30/c1-3-17-5-9-19(10-6-17)21-13-15-22(16-14-21)20-11-7-18(4-2)8-12-20/h3-4,13-20H,1-2,5-12H2. The third kappa shape index (κ3) is 3.54. The third-order valence-corrected chi connectivity index (χ3v) is 6.09. The van der Waals surface area contributed by atoms with Crippen molar-refractivity contribution in [3.8, 4) is 0 Å². The Morgan fingerprint density at radius 1 is 0.591 bits per heavy atom. The minimum absolute atomic E-state index is 0.760. The van der Waals surface area contributed by atoms with Crippen LogP contribution in [-0.2, 0) is 0 Å². The van der Waals surface area contributed by atoms with Crippen LogP contribution in [-0.4, -0.2) is 0 Å². The van der Waals surface area contributed by atoms with E-state index in [1.807, 2.05) is 0 Å². The second-order valence-corrected chi connectivity index (χ2v) is 7.36. The van der Waals surface area contributed by atoms with Gasteiger partial charge in [0.2, 0.25) is 0 Å². The van der Waals surface area contributed by atoms with Crippen LogP contribution < -0.4 is 0 Å². The van der Waals surface area contributed by atoms with Crippen LogP contribution in [0.4, 0.5) is 0 Å². The van der Waals surface area contributed by atoms with Crippen molar-refractivity contribution in [1.29, 1.82) is 0 Å². The number of hydrogen-bond donors (Lipinski definition) is 0. The second kappa shape index (κ2) is 7.31. The summed E-state index contributed by atoms with van der Waals surface area (Å²) in [5.74, 6) is 3.08. The lowest BCUT2D eigenvalue weighted by Crippen LogP contribution is -2.13. The number of allylic oxidation sites excluding steroid dienone is 2. The molecule has 0 atom stereocenters. The van der Waals surface area contributed by atoms with Crippen molar-refractivity contribution < 1.29 is 0 Å². The SMILES string of the molecule is C=CC1CCC(c2ccc(C3CCC(C=C)CC3)cc2)CC1. The first-order valence-electron chi connectivity index (χ1n) is 9.15. The smallest absolute Gasteiger partial charge is 0.0162 e. The van der Waals surface area contributed by atoms with Crippen LogP contribution in [0.1, 0.15) is 74.3 Å². The molecular formula is C22H30. The highest BCUT2D eigenvalue weighted by atomic mass is 14.3. The summed E-state index contributed by atoms with van der Waals surface area (Å²) in [5.41, 5.74) is 3.12. The molecule has 0 aromatic heterocycles. The molecule has 0 aliphatic heterocycles. The molecule has 0 unspecified atom stereocenters. The van der Waals surface area contributed by atoms with Gasteiger partial charge in [0.15, 0.2) is 0 Å². The van der Waals surface area contributed by atoms with Gasteiger partial charge in [-0.1, -0.05) is 36.4 Å².